The van der Waals surface area contributed by atoms with Gasteiger partial charge in [0, 0.05) is 17.3 Å². The number of ketones is 1. The molecule has 0 atom stereocenters. The molecule has 1 amide bonds. The molecule has 0 bridgehead atoms. The molecule has 1 saturated carbocycles. The van der Waals surface area contributed by atoms with Gasteiger partial charge in [0.1, 0.15) is 5.75 Å². The van der Waals surface area contributed by atoms with Crippen LogP contribution in [0.25, 0.3) is 0 Å². The highest BCUT2D eigenvalue weighted by Crippen LogP contribution is 2.38. The lowest BCUT2D eigenvalue weighted by Crippen LogP contribution is -2.13. The summed E-state index contributed by atoms with van der Waals surface area (Å²) < 4.78 is 11.4. The normalized spacial score (nSPS) is 13.1. The molecule has 0 aliphatic heterocycles. The smallest absolute Gasteiger partial charge is 0.255 e. The average Bonchev–Trinajstić information content (AvgIpc) is 3.46. The van der Waals surface area contributed by atoms with Crippen molar-refractivity contribution in [2.24, 2.45) is 5.92 Å². The van der Waals surface area contributed by atoms with Crippen molar-refractivity contribution in [3.8, 4) is 17.2 Å². The summed E-state index contributed by atoms with van der Waals surface area (Å²) in [6.45, 7) is 4.19. The van der Waals surface area contributed by atoms with Crippen LogP contribution in [0.1, 0.15) is 47.4 Å². The van der Waals surface area contributed by atoms with Crippen LogP contribution >= 0.6 is 11.6 Å². The summed E-state index contributed by atoms with van der Waals surface area (Å²) in [6.07, 6.45) is 2.27. The second kappa shape index (κ2) is 8.52. The number of carbonyl (C=O) groups is 2. The standard InChI is InChI=1S/C21H22ClNO5/c1-3-27-20-17(22)8-14(9-19(20)28-11-13-4-5-13)21(26)23-15-6-7-16(12(2)24)18(25)10-15/h6-10,13,25H,3-5,11H2,1-2H3,(H,23,26). The molecule has 148 valence electrons. The fraction of sp³-hybridized carbons (Fsp3) is 0.333. The van der Waals surface area contributed by atoms with Gasteiger partial charge in [0.15, 0.2) is 17.3 Å². The van der Waals surface area contributed by atoms with Gasteiger partial charge in [0.2, 0.25) is 0 Å². The highest BCUT2D eigenvalue weighted by Gasteiger charge is 2.24. The van der Waals surface area contributed by atoms with Crippen molar-refractivity contribution in [3.63, 3.8) is 0 Å². The molecule has 1 aliphatic rings. The van der Waals surface area contributed by atoms with Gasteiger partial charge in [-0.1, -0.05) is 11.6 Å². The van der Waals surface area contributed by atoms with Crippen LogP contribution in [0.15, 0.2) is 30.3 Å². The number of ether oxygens (including phenoxy) is 2. The number of halogens is 1. The molecular formula is C21H22ClNO5. The largest absolute Gasteiger partial charge is 0.507 e. The predicted octanol–water partition coefficient (Wildman–Crippen LogP) is 4.69. The minimum Gasteiger partial charge on any atom is -0.507 e. The summed E-state index contributed by atoms with van der Waals surface area (Å²) in [5.74, 6) is 0.519. The lowest BCUT2D eigenvalue weighted by molar-refractivity contribution is 0.101. The van der Waals surface area contributed by atoms with Gasteiger partial charge in [0.05, 0.1) is 23.8 Å². The summed E-state index contributed by atoms with van der Waals surface area (Å²) in [4.78, 5) is 24.1. The zero-order valence-electron chi connectivity index (χ0n) is 15.8. The number of anilines is 1. The molecule has 6 nitrogen and oxygen atoms in total. The molecule has 28 heavy (non-hydrogen) atoms. The maximum Gasteiger partial charge on any atom is 0.255 e. The van der Waals surface area contributed by atoms with Crippen LogP contribution in [-0.2, 0) is 0 Å². The SMILES string of the molecule is CCOc1c(Cl)cc(C(=O)Nc2ccc(C(C)=O)c(O)c2)cc1OCC1CC1. The molecule has 2 aromatic carbocycles. The number of hydrogen-bond acceptors (Lipinski definition) is 5. The van der Waals surface area contributed by atoms with Gasteiger partial charge in [-0.3, -0.25) is 9.59 Å². The van der Waals surface area contributed by atoms with Crippen molar-refractivity contribution in [2.75, 3.05) is 18.5 Å². The van der Waals surface area contributed by atoms with Crippen molar-refractivity contribution < 1.29 is 24.2 Å². The number of amides is 1. The second-order valence-electron chi connectivity index (χ2n) is 6.71. The van der Waals surface area contributed by atoms with Crippen LogP contribution in [0.4, 0.5) is 5.69 Å². The molecule has 2 N–H and O–H groups in total. The number of phenols is 1. The Labute approximate surface area is 168 Å². The molecule has 1 aliphatic carbocycles. The minimum absolute atomic E-state index is 0.191. The maximum absolute atomic E-state index is 12.7. The van der Waals surface area contributed by atoms with E-state index in [2.05, 4.69) is 5.32 Å². The molecule has 0 saturated heterocycles. The molecule has 0 spiro atoms. The first-order chi connectivity index (χ1) is 13.4. The van der Waals surface area contributed by atoms with Gasteiger partial charge in [-0.15, -0.1) is 0 Å². The Balaban J connectivity index is 1.82. The number of nitrogens with one attached hydrogen (secondary N) is 1. The van der Waals surface area contributed by atoms with E-state index in [9.17, 15) is 14.7 Å². The van der Waals surface area contributed by atoms with Crippen LogP contribution in [0.2, 0.25) is 5.02 Å². The van der Waals surface area contributed by atoms with E-state index >= 15 is 0 Å². The Morgan fingerprint density at radius 3 is 2.57 bits per heavy atom. The Morgan fingerprint density at radius 2 is 1.96 bits per heavy atom. The first-order valence-corrected chi connectivity index (χ1v) is 9.51. The second-order valence-corrected chi connectivity index (χ2v) is 7.12. The maximum atomic E-state index is 12.7. The van der Waals surface area contributed by atoms with Crippen LogP contribution in [-0.4, -0.2) is 30.0 Å². The van der Waals surface area contributed by atoms with Crippen LogP contribution in [0.5, 0.6) is 17.2 Å². The monoisotopic (exact) mass is 403 g/mol. The van der Waals surface area contributed by atoms with Crippen molar-refractivity contribution in [1.29, 1.82) is 0 Å². The van der Waals surface area contributed by atoms with Gasteiger partial charge in [0.25, 0.3) is 5.91 Å². The number of phenolic OH excluding ortho intramolecular Hbond substituents is 1. The zero-order valence-corrected chi connectivity index (χ0v) is 16.5. The number of hydrogen-bond donors (Lipinski definition) is 2. The highest BCUT2D eigenvalue weighted by molar-refractivity contribution is 6.32. The summed E-state index contributed by atoms with van der Waals surface area (Å²) in [5.41, 5.74) is 0.852. The summed E-state index contributed by atoms with van der Waals surface area (Å²) >= 11 is 6.31. The topological polar surface area (TPSA) is 84.9 Å². The third kappa shape index (κ3) is 4.75. The van der Waals surface area contributed by atoms with E-state index in [0.717, 1.165) is 12.8 Å². The quantitative estimate of drug-likeness (QED) is 0.624. The number of Topliss-reactive ketones (excluding diaryl/α,β-unsaturated/α-hetero) is 1. The van der Waals surface area contributed by atoms with Crippen molar-refractivity contribution in [2.45, 2.75) is 26.7 Å². The Hall–Kier alpha value is -2.73. The summed E-state index contributed by atoms with van der Waals surface area (Å²) in [5, 5.41) is 12.9. The highest BCUT2D eigenvalue weighted by atomic mass is 35.5. The Kier molecular flexibility index (Phi) is 6.09. The van der Waals surface area contributed by atoms with Gasteiger partial charge < -0.3 is 19.9 Å². The third-order valence-electron chi connectivity index (χ3n) is 4.37. The molecule has 7 heteroatoms. The van der Waals surface area contributed by atoms with E-state index in [0.29, 0.717) is 41.9 Å². The van der Waals surface area contributed by atoms with Gasteiger partial charge >= 0.3 is 0 Å². The van der Waals surface area contributed by atoms with Gasteiger partial charge in [-0.05, 0) is 56.9 Å². The van der Waals surface area contributed by atoms with Crippen LogP contribution in [0, 0.1) is 5.92 Å². The molecular weight excluding hydrogens is 382 g/mol. The van der Waals surface area contributed by atoms with Crippen molar-refractivity contribution in [3.05, 3.63) is 46.5 Å². The molecule has 2 aromatic rings. The molecule has 1 fully saturated rings. The van der Waals surface area contributed by atoms with Gasteiger partial charge in [-0.2, -0.15) is 0 Å². The van der Waals surface area contributed by atoms with E-state index < -0.39 is 5.91 Å². The number of carbonyl (C=O) groups excluding carboxylic acids is 2. The lowest BCUT2D eigenvalue weighted by Gasteiger charge is -2.15. The Bertz CT molecular complexity index is 908. The molecule has 0 unspecified atom stereocenters. The average molecular weight is 404 g/mol. The fourth-order valence-corrected chi connectivity index (χ4v) is 2.96. The fourth-order valence-electron chi connectivity index (χ4n) is 2.69. The number of benzene rings is 2. The third-order valence-corrected chi connectivity index (χ3v) is 4.65. The number of aromatic hydroxyl groups is 1. The molecule has 3 rings (SSSR count). The van der Waals surface area contributed by atoms with E-state index in [1.807, 2.05) is 6.92 Å². The van der Waals surface area contributed by atoms with Gasteiger partial charge in [-0.25, -0.2) is 0 Å². The van der Waals surface area contributed by atoms with E-state index in [4.69, 9.17) is 21.1 Å². The first kappa shape index (κ1) is 20.0. The van der Waals surface area contributed by atoms with Crippen LogP contribution in [0.3, 0.4) is 0 Å². The minimum atomic E-state index is -0.420. The van der Waals surface area contributed by atoms with E-state index in [-0.39, 0.29) is 22.1 Å². The van der Waals surface area contributed by atoms with Crippen molar-refractivity contribution in [1.82, 2.24) is 0 Å². The summed E-state index contributed by atoms with van der Waals surface area (Å²) in [7, 11) is 0. The predicted molar refractivity (Wildman–Crippen MR) is 107 cm³/mol. The molecule has 0 aromatic heterocycles. The molecule has 0 radical (unpaired) electrons. The number of rotatable bonds is 8. The van der Waals surface area contributed by atoms with E-state index in [1.54, 1.807) is 12.1 Å². The van der Waals surface area contributed by atoms with Crippen LogP contribution < -0.4 is 14.8 Å². The summed E-state index contributed by atoms with van der Waals surface area (Å²) in [6, 6.07) is 7.45. The molecule has 0 heterocycles. The Morgan fingerprint density at radius 1 is 1.21 bits per heavy atom. The first-order valence-electron chi connectivity index (χ1n) is 9.13. The zero-order chi connectivity index (χ0) is 20.3. The lowest BCUT2D eigenvalue weighted by atomic mass is 10.1. The van der Waals surface area contributed by atoms with Crippen molar-refractivity contribution >= 4 is 29.0 Å². The van der Waals surface area contributed by atoms with E-state index in [1.165, 1.54) is 25.1 Å².